The van der Waals surface area contributed by atoms with Crippen LogP contribution in [0.5, 0.6) is 0 Å². The summed E-state index contributed by atoms with van der Waals surface area (Å²) in [6, 6.07) is -1.20. The highest BCUT2D eigenvalue weighted by Gasteiger charge is 2.16. The van der Waals surface area contributed by atoms with Gasteiger partial charge in [0, 0.05) is 6.42 Å². The monoisotopic (exact) mass is 173 g/mol. The molecular weight excluding hydrogens is 162 g/mol. The van der Waals surface area contributed by atoms with Gasteiger partial charge in [-0.05, 0) is 6.92 Å². The fourth-order valence-corrected chi connectivity index (χ4v) is 0.682. The molecule has 5 nitrogen and oxygen atoms in total. The summed E-state index contributed by atoms with van der Waals surface area (Å²) in [7, 11) is 0. The predicted molar refractivity (Wildman–Crippen MR) is 40.5 cm³/mol. The van der Waals surface area contributed by atoms with Crippen LogP contribution < -0.4 is 5.73 Å². The molecule has 0 radical (unpaired) electrons. The molecule has 5 heteroatoms. The Morgan fingerprint density at radius 2 is 1.92 bits per heavy atom. The molecule has 0 aliphatic carbocycles. The summed E-state index contributed by atoms with van der Waals surface area (Å²) in [5.41, 5.74) is 5.06. The van der Waals surface area contributed by atoms with Crippen molar-refractivity contribution in [2.45, 2.75) is 25.8 Å². The van der Waals surface area contributed by atoms with Crippen molar-refractivity contribution in [2.75, 3.05) is 0 Å². The summed E-state index contributed by atoms with van der Waals surface area (Å²) in [4.78, 5) is 31.4. The molecule has 3 N–H and O–H groups in total. The Labute approximate surface area is 69.5 Å². The van der Waals surface area contributed by atoms with Crippen molar-refractivity contribution >= 4 is 17.5 Å². The van der Waals surface area contributed by atoms with Gasteiger partial charge in [-0.3, -0.25) is 14.4 Å². The van der Waals surface area contributed by atoms with Gasteiger partial charge in [0.2, 0.25) is 0 Å². The number of hydrogen-bond donors (Lipinski definition) is 2. The van der Waals surface area contributed by atoms with Gasteiger partial charge in [0.15, 0.2) is 0 Å². The Bertz CT molecular complexity index is 211. The van der Waals surface area contributed by atoms with Gasteiger partial charge in [-0.1, -0.05) is 0 Å². The second-order valence-electron chi connectivity index (χ2n) is 2.57. The zero-order valence-electron chi connectivity index (χ0n) is 6.74. The number of carboxylic acids is 1. The number of rotatable bonds is 5. The van der Waals surface area contributed by atoms with E-state index in [2.05, 4.69) is 0 Å². The lowest BCUT2D eigenvalue weighted by molar-refractivity contribution is -0.140. The number of carboxylic acid groups (broad SMARTS) is 1. The number of hydrogen-bond acceptors (Lipinski definition) is 4. The van der Waals surface area contributed by atoms with Crippen molar-refractivity contribution in [2.24, 2.45) is 5.73 Å². The first kappa shape index (κ1) is 10.8. The van der Waals surface area contributed by atoms with Crippen molar-refractivity contribution in [3.8, 4) is 0 Å². The van der Waals surface area contributed by atoms with Crippen LogP contribution in [0.25, 0.3) is 0 Å². The van der Waals surface area contributed by atoms with Crippen LogP contribution in [0.1, 0.15) is 19.8 Å². The standard InChI is InChI=1S/C7H11NO4/c1-4(9)2-5(10)3-6(8)7(11)12/h6H,2-3,8H2,1H3,(H,11,12)/t6-/m0/s1. The summed E-state index contributed by atoms with van der Waals surface area (Å²) in [6.45, 7) is 1.27. The van der Waals surface area contributed by atoms with Crippen molar-refractivity contribution in [1.82, 2.24) is 0 Å². The quantitative estimate of drug-likeness (QED) is 0.537. The lowest BCUT2D eigenvalue weighted by atomic mass is 10.1. The Balaban J connectivity index is 3.85. The maximum atomic E-state index is 10.8. The number of Topliss-reactive ketones (excluding diaryl/α,β-unsaturated/α-hetero) is 2. The third kappa shape index (κ3) is 4.56. The van der Waals surface area contributed by atoms with Gasteiger partial charge in [0.25, 0.3) is 0 Å². The average Bonchev–Trinajstić information content (AvgIpc) is 1.84. The maximum Gasteiger partial charge on any atom is 0.320 e. The molecule has 0 spiro atoms. The molecule has 0 bridgehead atoms. The van der Waals surface area contributed by atoms with Gasteiger partial charge in [-0.2, -0.15) is 0 Å². The van der Waals surface area contributed by atoms with Gasteiger partial charge in [0.1, 0.15) is 17.6 Å². The summed E-state index contributed by atoms with van der Waals surface area (Å²) >= 11 is 0. The number of carbonyl (C=O) groups is 3. The minimum Gasteiger partial charge on any atom is -0.480 e. The van der Waals surface area contributed by atoms with Crippen LogP contribution in [-0.2, 0) is 14.4 Å². The molecular formula is C7H11NO4. The average molecular weight is 173 g/mol. The zero-order valence-corrected chi connectivity index (χ0v) is 6.74. The Hall–Kier alpha value is -1.23. The smallest absolute Gasteiger partial charge is 0.320 e. The molecule has 0 saturated carbocycles. The van der Waals surface area contributed by atoms with Crippen molar-refractivity contribution < 1.29 is 19.5 Å². The molecule has 0 amide bonds. The number of ketones is 2. The minimum absolute atomic E-state index is 0.235. The van der Waals surface area contributed by atoms with Crippen LogP contribution in [0.4, 0.5) is 0 Å². The van der Waals surface area contributed by atoms with Crippen molar-refractivity contribution in [1.29, 1.82) is 0 Å². The Kier molecular flexibility index (Phi) is 4.14. The minimum atomic E-state index is -1.23. The predicted octanol–water partition coefficient (Wildman–Crippen LogP) is -0.663. The molecule has 0 unspecified atom stereocenters. The van der Waals surface area contributed by atoms with Gasteiger partial charge in [-0.25, -0.2) is 0 Å². The molecule has 1 atom stereocenters. The molecule has 0 aliphatic rings. The number of nitrogens with two attached hydrogens (primary N) is 1. The van der Waals surface area contributed by atoms with E-state index in [0.29, 0.717) is 0 Å². The highest BCUT2D eigenvalue weighted by molar-refractivity contribution is 5.99. The molecule has 0 aliphatic heterocycles. The fourth-order valence-electron chi connectivity index (χ4n) is 0.682. The topological polar surface area (TPSA) is 97.5 Å². The van der Waals surface area contributed by atoms with E-state index in [1.165, 1.54) is 6.92 Å². The van der Waals surface area contributed by atoms with Gasteiger partial charge in [-0.15, -0.1) is 0 Å². The Morgan fingerprint density at radius 1 is 1.42 bits per heavy atom. The summed E-state index contributed by atoms with van der Waals surface area (Å²) in [6.07, 6.45) is -0.518. The molecule has 0 heterocycles. The fraction of sp³-hybridized carbons (Fsp3) is 0.571. The van der Waals surface area contributed by atoms with Gasteiger partial charge in [0.05, 0.1) is 6.42 Å². The van der Waals surface area contributed by atoms with E-state index >= 15 is 0 Å². The van der Waals surface area contributed by atoms with Crippen LogP contribution in [0, 0.1) is 0 Å². The third-order valence-electron chi connectivity index (χ3n) is 1.21. The second kappa shape index (κ2) is 4.61. The van der Waals surface area contributed by atoms with Crippen molar-refractivity contribution in [3.63, 3.8) is 0 Å². The normalized spacial score (nSPS) is 12.2. The van der Waals surface area contributed by atoms with E-state index < -0.39 is 17.8 Å². The lowest BCUT2D eigenvalue weighted by Crippen LogP contribution is -2.32. The molecule has 0 saturated heterocycles. The summed E-state index contributed by atoms with van der Waals surface area (Å²) < 4.78 is 0. The molecule has 12 heavy (non-hydrogen) atoms. The largest absolute Gasteiger partial charge is 0.480 e. The highest BCUT2D eigenvalue weighted by atomic mass is 16.4. The van der Waals surface area contributed by atoms with E-state index in [-0.39, 0.29) is 18.6 Å². The molecule has 0 aromatic heterocycles. The highest BCUT2D eigenvalue weighted by Crippen LogP contribution is 1.95. The molecule has 0 rings (SSSR count). The Morgan fingerprint density at radius 3 is 2.25 bits per heavy atom. The van der Waals surface area contributed by atoms with Crippen LogP contribution in [0.2, 0.25) is 0 Å². The number of carbonyl (C=O) groups excluding carboxylic acids is 2. The van der Waals surface area contributed by atoms with E-state index in [1.54, 1.807) is 0 Å². The zero-order chi connectivity index (χ0) is 9.72. The van der Waals surface area contributed by atoms with Gasteiger partial charge >= 0.3 is 5.97 Å². The first-order valence-corrected chi connectivity index (χ1v) is 3.43. The molecule has 0 aromatic rings. The van der Waals surface area contributed by atoms with E-state index in [0.717, 1.165) is 0 Å². The van der Waals surface area contributed by atoms with Crippen molar-refractivity contribution in [3.05, 3.63) is 0 Å². The third-order valence-corrected chi connectivity index (χ3v) is 1.21. The van der Waals surface area contributed by atoms with Crippen LogP contribution in [-0.4, -0.2) is 28.7 Å². The first-order chi connectivity index (χ1) is 5.43. The van der Waals surface area contributed by atoms with Crippen LogP contribution in [0.3, 0.4) is 0 Å². The SMILES string of the molecule is CC(=O)CC(=O)C[C@H](N)C(=O)O. The van der Waals surface area contributed by atoms with E-state index in [1.807, 2.05) is 0 Å². The van der Waals surface area contributed by atoms with Crippen LogP contribution in [0.15, 0.2) is 0 Å². The second-order valence-corrected chi connectivity index (χ2v) is 2.57. The molecule has 68 valence electrons. The van der Waals surface area contributed by atoms with Crippen LogP contribution >= 0.6 is 0 Å². The summed E-state index contributed by atoms with van der Waals surface area (Å²) in [5.74, 6) is -1.94. The summed E-state index contributed by atoms with van der Waals surface area (Å²) in [5, 5.41) is 8.30. The first-order valence-electron chi connectivity index (χ1n) is 3.43. The molecule has 0 fully saturated rings. The number of aliphatic carboxylic acids is 1. The molecule has 0 aromatic carbocycles. The lowest BCUT2D eigenvalue weighted by Gasteiger charge is -2.02. The van der Waals surface area contributed by atoms with E-state index in [9.17, 15) is 14.4 Å². The maximum absolute atomic E-state index is 10.8. The van der Waals surface area contributed by atoms with E-state index in [4.69, 9.17) is 10.8 Å². The van der Waals surface area contributed by atoms with Gasteiger partial charge < -0.3 is 10.8 Å².